The van der Waals surface area contributed by atoms with E-state index in [1.54, 1.807) is 11.1 Å². The number of halogens is 2. The average molecular weight is 169 g/mol. The Morgan fingerprint density at radius 2 is 2.00 bits per heavy atom. The number of nitrogens with zero attached hydrogens (tertiary/aromatic N) is 1. The zero-order valence-corrected chi connectivity index (χ0v) is 6.96. The van der Waals surface area contributed by atoms with E-state index < -0.39 is 0 Å². The molecule has 0 fully saturated rings. The van der Waals surface area contributed by atoms with Crippen molar-refractivity contribution in [3.63, 3.8) is 0 Å². The van der Waals surface area contributed by atoms with Gasteiger partial charge in [-0.25, -0.2) is 0 Å². The molecule has 0 bridgehead atoms. The second kappa shape index (κ2) is 5.92. The van der Waals surface area contributed by atoms with Crippen LogP contribution >= 0.6 is 24.0 Å². The van der Waals surface area contributed by atoms with E-state index in [0.717, 1.165) is 6.21 Å². The van der Waals surface area contributed by atoms with Gasteiger partial charge in [0, 0.05) is 26.5 Å². The van der Waals surface area contributed by atoms with Crippen LogP contribution in [0.15, 0.2) is 11.2 Å². The van der Waals surface area contributed by atoms with Crippen LogP contribution in [0.5, 0.6) is 0 Å². The minimum atomic E-state index is 0. The van der Waals surface area contributed by atoms with Gasteiger partial charge in [0.05, 0.1) is 5.03 Å². The van der Waals surface area contributed by atoms with Crippen molar-refractivity contribution in [1.29, 1.82) is 5.41 Å². The lowest BCUT2D eigenvalue weighted by molar-refractivity contribution is 0.563. The molecule has 9 heavy (non-hydrogen) atoms. The van der Waals surface area contributed by atoms with Crippen molar-refractivity contribution in [1.82, 2.24) is 4.90 Å². The first-order chi connectivity index (χ1) is 3.66. The van der Waals surface area contributed by atoms with Crippen molar-refractivity contribution in [2.45, 2.75) is 0 Å². The molecule has 0 radical (unpaired) electrons. The molecule has 0 atom stereocenters. The standard InChI is InChI=1S/C5H9ClN2.ClH/c1-8(2)4-5(6)3-7;/h3-4,7H,1-2H3;1H/b5-4+,7-3?;. The quantitative estimate of drug-likeness (QED) is 0.625. The first-order valence-corrected chi connectivity index (χ1v) is 2.59. The number of hydrogen-bond donors (Lipinski definition) is 1. The summed E-state index contributed by atoms with van der Waals surface area (Å²) in [5.41, 5.74) is 0. The molecule has 0 saturated carbocycles. The minimum Gasteiger partial charge on any atom is -0.382 e. The van der Waals surface area contributed by atoms with Crippen molar-refractivity contribution in [3.8, 4) is 0 Å². The van der Waals surface area contributed by atoms with Gasteiger partial charge >= 0.3 is 0 Å². The molecule has 0 aromatic rings. The van der Waals surface area contributed by atoms with E-state index in [9.17, 15) is 0 Å². The molecule has 0 aromatic heterocycles. The zero-order chi connectivity index (χ0) is 6.57. The number of hydrogen-bond acceptors (Lipinski definition) is 2. The van der Waals surface area contributed by atoms with Crippen molar-refractivity contribution < 1.29 is 0 Å². The fourth-order valence-corrected chi connectivity index (χ4v) is 0.479. The predicted molar refractivity (Wildman–Crippen MR) is 43.7 cm³/mol. The highest BCUT2D eigenvalue weighted by Gasteiger charge is 1.82. The molecule has 0 aromatic carbocycles. The molecule has 0 aliphatic carbocycles. The Hall–Kier alpha value is -0.210. The van der Waals surface area contributed by atoms with E-state index in [1.165, 1.54) is 0 Å². The molecule has 0 rings (SSSR count). The third-order valence-electron chi connectivity index (χ3n) is 0.519. The molecule has 4 heteroatoms. The normalized spacial score (nSPS) is 9.89. The smallest absolute Gasteiger partial charge is 0.0739 e. The lowest BCUT2D eigenvalue weighted by atomic mass is 10.6. The Morgan fingerprint density at radius 1 is 1.56 bits per heavy atom. The Kier molecular flexibility index (Phi) is 7.61. The lowest BCUT2D eigenvalue weighted by Crippen LogP contribution is -2.01. The summed E-state index contributed by atoms with van der Waals surface area (Å²) < 4.78 is 0. The van der Waals surface area contributed by atoms with Crippen LogP contribution in [-0.2, 0) is 0 Å². The van der Waals surface area contributed by atoms with E-state index in [-0.39, 0.29) is 12.4 Å². The number of nitrogens with one attached hydrogen (secondary N) is 1. The van der Waals surface area contributed by atoms with E-state index in [0.29, 0.717) is 5.03 Å². The Bertz CT molecular complexity index is 110. The van der Waals surface area contributed by atoms with Crippen LogP contribution in [0.1, 0.15) is 0 Å². The number of rotatable bonds is 2. The van der Waals surface area contributed by atoms with Gasteiger partial charge in [0.25, 0.3) is 0 Å². The summed E-state index contributed by atoms with van der Waals surface area (Å²) in [6, 6.07) is 0. The average Bonchev–Trinajstić information content (AvgIpc) is 1.65. The van der Waals surface area contributed by atoms with E-state index in [1.807, 2.05) is 14.1 Å². The van der Waals surface area contributed by atoms with Gasteiger partial charge < -0.3 is 10.3 Å². The first kappa shape index (κ1) is 11.6. The van der Waals surface area contributed by atoms with E-state index in [4.69, 9.17) is 17.0 Å². The number of allylic oxidation sites excluding steroid dienone is 1. The zero-order valence-electron chi connectivity index (χ0n) is 5.39. The van der Waals surface area contributed by atoms with Crippen LogP contribution in [-0.4, -0.2) is 25.2 Å². The molecule has 2 nitrogen and oxygen atoms in total. The van der Waals surface area contributed by atoms with Gasteiger partial charge in [-0.05, 0) is 0 Å². The molecule has 0 aliphatic rings. The first-order valence-electron chi connectivity index (χ1n) is 2.21. The topological polar surface area (TPSA) is 27.1 Å². The molecule has 0 heterocycles. The van der Waals surface area contributed by atoms with Crippen LogP contribution in [0.25, 0.3) is 0 Å². The predicted octanol–water partition coefficient (Wildman–Crippen LogP) is 1.70. The van der Waals surface area contributed by atoms with Crippen LogP contribution in [0.2, 0.25) is 0 Å². The summed E-state index contributed by atoms with van der Waals surface area (Å²) in [6.07, 6.45) is 2.76. The molecular weight excluding hydrogens is 159 g/mol. The molecule has 54 valence electrons. The van der Waals surface area contributed by atoms with E-state index in [2.05, 4.69) is 0 Å². The lowest BCUT2D eigenvalue weighted by Gasteiger charge is -2.02. The Balaban J connectivity index is 0. The minimum absolute atomic E-state index is 0. The second-order valence-electron chi connectivity index (χ2n) is 1.62. The summed E-state index contributed by atoms with van der Waals surface area (Å²) in [7, 11) is 3.71. The van der Waals surface area contributed by atoms with Crippen molar-refractivity contribution in [3.05, 3.63) is 11.2 Å². The molecule has 0 saturated heterocycles. The third-order valence-corrected chi connectivity index (χ3v) is 0.726. The second-order valence-corrected chi connectivity index (χ2v) is 2.06. The molecular formula is C5H10Cl2N2. The summed E-state index contributed by atoms with van der Waals surface area (Å²) in [5, 5.41) is 7.09. The summed E-state index contributed by atoms with van der Waals surface area (Å²) in [6.45, 7) is 0. The monoisotopic (exact) mass is 168 g/mol. The summed E-state index contributed by atoms with van der Waals surface area (Å²) >= 11 is 5.44. The van der Waals surface area contributed by atoms with Crippen LogP contribution in [0.3, 0.4) is 0 Å². The Labute approximate surface area is 66.4 Å². The molecule has 0 amide bonds. The van der Waals surface area contributed by atoms with Gasteiger partial charge in [-0.3, -0.25) is 0 Å². The fraction of sp³-hybridized carbons (Fsp3) is 0.400. The molecule has 0 aliphatic heterocycles. The van der Waals surface area contributed by atoms with Crippen LogP contribution in [0, 0.1) is 5.41 Å². The molecule has 0 unspecified atom stereocenters. The van der Waals surface area contributed by atoms with Gasteiger partial charge in [-0.1, -0.05) is 11.6 Å². The van der Waals surface area contributed by atoms with Crippen LogP contribution < -0.4 is 0 Å². The highest BCUT2D eigenvalue weighted by atomic mass is 35.5. The van der Waals surface area contributed by atoms with E-state index >= 15 is 0 Å². The third kappa shape index (κ3) is 7.79. The van der Waals surface area contributed by atoms with Gasteiger partial charge in [-0.2, -0.15) is 0 Å². The maximum Gasteiger partial charge on any atom is 0.0739 e. The SMILES string of the molecule is CN(C)/C=C(/Cl)C=N.Cl. The van der Waals surface area contributed by atoms with Gasteiger partial charge in [0.1, 0.15) is 0 Å². The maximum absolute atomic E-state index is 6.65. The van der Waals surface area contributed by atoms with Crippen molar-refractivity contribution >= 4 is 30.2 Å². The Morgan fingerprint density at radius 3 is 2.11 bits per heavy atom. The van der Waals surface area contributed by atoms with Crippen molar-refractivity contribution in [2.75, 3.05) is 14.1 Å². The molecule has 0 spiro atoms. The highest BCUT2D eigenvalue weighted by Crippen LogP contribution is 1.95. The summed E-state index contributed by atoms with van der Waals surface area (Å²) in [4.78, 5) is 1.79. The summed E-state index contributed by atoms with van der Waals surface area (Å²) in [5.74, 6) is 0. The fourth-order valence-electron chi connectivity index (χ4n) is 0.284. The highest BCUT2D eigenvalue weighted by molar-refractivity contribution is 6.38. The van der Waals surface area contributed by atoms with Gasteiger partial charge in [0.2, 0.25) is 0 Å². The molecule has 1 N–H and O–H groups in total. The van der Waals surface area contributed by atoms with Gasteiger partial charge in [-0.15, -0.1) is 12.4 Å². The maximum atomic E-state index is 6.65. The van der Waals surface area contributed by atoms with Crippen LogP contribution in [0.4, 0.5) is 0 Å². The largest absolute Gasteiger partial charge is 0.382 e. The van der Waals surface area contributed by atoms with Crippen molar-refractivity contribution in [2.24, 2.45) is 0 Å². The van der Waals surface area contributed by atoms with Gasteiger partial charge in [0.15, 0.2) is 0 Å².